The fourth-order valence-corrected chi connectivity index (χ4v) is 1.25. The van der Waals surface area contributed by atoms with Crippen molar-refractivity contribution >= 4 is 11.6 Å². The molecule has 5 heteroatoms. The van der Waals surface area contributed by atoms with Crippen molar-refractivity contribution in [3.8, 4) is 0 Å². The maximum Gasteiger partial charge on any atom is 0.269 e. The minimum absolute atomic E-state index is 0.130. The van der Waals surface area contributed by atoms with Crippen LogP contribution in [0.3, 0.4) is 0 Å². The first-order valence-electron chi connectivity index (χ1n) is 4.33. The topological polar surface area (TPSA) is 94.0 Å². The molecule has 0 atom stereocenters. The van der Waals surface area contributed by atoms with Crippen LogP contribution in [0.4, 0.5) is 5.69 Å². The lowest BCUT2D eigenvalue weighted by molar-refractivity contribution is 0.0953. The van der Waals surface area contributed by atoms with Gasteiger partial charge in [0.1, 0.15) is 0 Å². The monoisotopic (exact) mass is 194 g/mol. The standard InChI is InChI=1S/C9H14N4O/c1-5(2)8-7(9(14)13-11)6(10)3-4-12-8/h3-5H,11H2,1-2H3,(H2,10,12)(H,13,14). The summed E-state index contributed by atoms with van der Waals surface area (Å²) < 4.78 is 0. The number of hydrazine groups is 1. The zero-order chi connectivity index (χ0) is 10.7. The molecule has 0 fully saturated rings. The maximum absolute atomic E-state index is 11.4. The molecule has 1 aromatic heterocycles. The number of nitrogens with one attached hydrogen (secondary N) is 1. The highest BCUT2D eigenvalue weighted by molar-refractivity contribution is 5.99. The van der Waals surface area contributed by atoms with Gasteiger partial charge in [-0.15, -0.1) is 0 Å². The van der Waals surface area contributed by atoms with Crippen molar-refractivity contribution in [3.63, 3.8) is 0 Å². The second-order valence-corrected chi connectivity index (χ2v) is 3.29. The molecule has 0 bridgehead atoms. The van der Waals surface area contributed by atoms with Gasteiger partial charge in [0, 0.05) is 11.9 Å². The van der Waals surface area contributed by atoms with E-state index in [9.17, 15) is 4.79 Å². The summed E-state index contributed by atoms with van der Waals surface area (Å²) in [5.41, 5.74) is 9.16. The first-order valence-corrected chi connectivity index (χ1v) is 4.33. The number of anilines is 1. The fraction of sp³-hybridized carbons (Fsp3) is 0.333. The van der Waals surface area contributed by atoms with Gasteiger partial charge in [0.15, 0.2) is 0 Å². The molecule has 5 N–H and O–H groups in total. The molecule has 1 amide bonds. The smallest absolute Gasteiger partial charge is 0.269 e. The molecule has 0 aromatic carbocycles. The summed E-state index contributed by atoms with van der Waals surface area (Å²) in [5, 5.41) is 0. The Kier molecular flexibility index (Phi) is 3.03. The summed E-state index contributed by atoms with van der Waals surface area (Å²) >= 11 is 0. The number of rotatable bonds is 2. The van der Waals surface area contributed by atoms with Crippen LogP contribution >= 0.6 is 0 Å². The number of carbonyl (C=O) groups excluding carboxylic acids is 1. The van der Waals surface area contributed by atoms with Crippen molar-refractivity contribution in [2.45, 2.75) is 19.8 Å². The molecule has 1 heterocycles. The van der Waals surface area contributed by atoms with Crippen LogP contribution in [0, 0.1) is 0 Å². The SMILES string of the molecule is CC(C)c1nccc(N)c1C(=O)NN. The van der Waals surface area contributed by atoms with Crippen molar-refractivity contribution in [1.29, 1.82) is 0 Å². The predicted octanol–water partition coefficient (Wildman–Crippen LogP) is 0.391. The number of hydrogen-bond acceptors (Lipinski definition) is 4. The number of nitrogens with two attached hydrogens (primary N) is 2. The Morgan fingerprint density at radius 3 is 2.71 bits per heavy atom. The Hall–Kier alpha value is -1.62. The average molecular weight is 194 g/mol. The first kappa shape index (κ1) is 10.5. The van der Waals surface area contributed by atoms with Gasteiger partial charge in [-0.3, -0.25) is 15.2 Å². The zero-order valence-corrected chi connectivity index (χ0v) is 8.24. The van der Waals surface area contributed by atoms with Crippen LogP contribution in [-0.2, 0) is 0 Å². The van der Waals surface area contributed by atoms with Crippen LogP contribution in [0.1, 0.15) is 35.8 Å². The van der Waals surface area contributed by atoms with Crippen molar-refractivity contribution < 1.29 is 4.79 Å². The van der Waals surface area contributed by atoms with E-state index in [0.717, 1.165) is 0 Å². The maximum atomic E-state index is 11.4. The van der Waals surface area contributed by atoms with Gasteiger partial charge in [-0.05, 0) is 12.0 Å². The number of pyridine rings is 1. The van der Waals surface area contributed by atoms with Crippen molar-refractivity contribution in [3.05, 3.63) is 23.5 Å². The molecule has 0 unspecified atom stereocenters. The van der Waals surface area contributed by atoms with Crippen LogP contribution in [-0.4, -0.2) is 10.9 Å². The van der Waals surface area contributed by atoms with Gasteiger partial charge in [0.25, 0.3) is 5.91 Å². The third kappa shape index (κ3) is 1.82. The molecule has 0 saturated heterocycles. The normalized spacial score (nSPS) is 10.3. The Morgan fingerprint density at radius 1 is 1.57 bits per heavy atom. The second kappa shape index (κ2) is 4.06. The van der Waals surface area contributed by atoms with Gasteiger partial charge in [-0.2, -0.15) is 0 Å². The molecule has 1 aromatic rings. The number of carbonyl (C=O) groups is 1. The third-order valence-corrected chi connectivity index (χ3v) is 1.92. The lowest BCUT2D eigenvalue weighted by atomic mass is 10.0. The van der Waals surface area contributed by atoms with Crippen LogP contribution in [0.2, 0.25) is 0 Å². The molecule has 0 saturated carbocycles. The Labute approximate surface area is 82.5 Å². The first-order chi connectivity index (χ1) is 6.57. The van der Waals surface area contributed by atoms with Crippen LogP contribution < -0.4 is 17.0 Å². The highest BCUT2D eigenvalue weighted by Crippen LogP contribution is 2.21. The lowest BCUT2D eigenvalue weighted by Gasteiger charge is -2.11. The second-order valence-electron chi connectivity index (χ2n) is 3.29. The molecule has 76 valence electrons. The molecular weight excluding hydrogens is 180 g/mol. The summed E-state index contributed by atoms with van der Waals surface area (Å²) in [4.78, 5) is 15.5. The van der Waals surface area contributed by atoms with Gasteiger partial charge in [-0.1, -0.05) is 13.8 Å². The molecular formula is C9H14N4O. The van der Waals surface area contributed by atoms with E-state index in [-0.39, 0.29) is 5.92 Å². The zero-order valence-electron chi connectivity index (χ0n) is 8.24. The largest absolute Gasteiger partial charge is 0.398 e. The van der Waals surface area contributed by atoms with Crippen molar-refractivity contribution in [2.75, 3.05) is 5.73 Å². The molecule has 14 heavy (non-hydrogen) atoms. The number of amides is 1. The highest BCUT2D eigenvalue weighted by atomic mass is 16.2. The van der Waals surface area contributed by atoms with Gasteiger partial charge in [-0.25, -0.2) is 5.84 Å². The van der Waals surface area contributed by atoms with Gasteiger partial charge in [0.05, 0.1) is 11.3 Å². The summed E-state index contributed by atoms with van der Waals surface area (Å²) in [7, 11) is 0. The van der Waals surface area contributed by atoms with Crippen LogP contribution in [0.25, 0.3) is 0 Å². The van der Waals surface area contributed by atoms with E-state index in [2.05, 4.69) is 10.4 Å². The number of aromatic nitrogens is 1. The van der Waals surface area contributed by atoms with Gasteiger partial charge < -0.3 is 5.73 Å². The van der Waals surface area contributed by atoms with Crippen LogP contribution in [0.15, 0.2) is 12.3 Å². The molecule has 1 rings (SSSR count). The fourth-order valence-electron chi connectivity index (χ4n) is 1.25. The lowest BCUT2D eigenvalue weighted by Crippen LogP contribution is -2.32. The number of nitrogen functional groups attached to an aromatic ring is 2. The van der Waals surface area contributed by atoms with E-state index < -0.39 is 5.91 Å². The van der Waals surface area contributed by atoms with E-state index in [4.69, 9.17) is 11.6 Å². The quantitative estimate of drug-likeness (QED) is 0.360. The predicted molar refractivity (Wildman–Crippen MR) is 54.4 cm³/mol. The number of nitrogens with zero attached hydrogens (tertiary/aromatic N) is 1. The highest BCUT2D eigenvalue weighted by Gasteiger charge is 2.16. The Bertz CT molecular complexity index is 349. The van der Waals surface area contributed by atoms with E-state index in [1.807, 2.05) is 13.8 Å². The minimum Gasteiger partial charge on any atom is -0.398 e. The van der Waals surface area contributed by atoms with Gasteiger partial charge in [0.2, 0.25) is 0 Å². The Morgan fingerprint density at radius 2 is 2.21 bits per heavy atom. The van der Waals surface area contributed by atoms with E-state index in [1.54, 1.807) is 12.3 Å². The molecule has 0 aliphatic rings. The van der Waals surface area contributed by atoms with Crippen molar-refractivity contribution in [2.24, 2.45) is 5.84 Å². The van der Waals surface area contributed by atoms with Crippen LogP contribution in [0.5, 0.6) is 0 Å². The van der Waals surface area contributed by atoms with E-state index in [0.29, 0.717) is 16.9 Å². The molecule has 0 spiro atoms. The number of hydrogen-bond donors (Lipinski definition) is 3. The molecule has 0 radical (unpaired) electrons. The summed E-state index contributed by atoms with van der Waals surface area (Å²) in [6.45, 7) is 3.88. The average Bonchev–Trinajstić information content (AvgIpc) is 2.16. The minimum atomic E-state index is -0.403. The van der Waals surface area contributed by atoms with Crippen molar-refractivity contribution in [1.82, 2.24) is 10.4 Å². The van der Waals surface area contributed by atoms with Gasteiger partial charge >= 0.3 is 0 Å². The molecule has 5 nitrogen and oxygen atoms in total. The summed E-state index contributed by atoms with van der Waals surface area (Å²) in [6.07, 6.45) is 1.58. The Balaban J connectivity index is 3.29. The van der Waals surface area contributed by atoms with E-state index in [1.165, 1.54) is 0 Å². The molecule has 0 aliphatic carbocycles. The van der Waals surface area contributed by atoms with E-state index >= 15 is 0 Å². The summed E-state index contributed by atoms with van der Waals surface area (Å²) in [5.74, 6) is 4.79. The third-order valence-electron chi connectivity index (χ3n) is 1.92. The molecule has 0 aliphatic heterocycles. The summed E-state index contributed by atoms with van der Waals surface area (Å²) in [6, 6.07) is 1.58.